The molecule has 33 heavy (non-hydrogen) atoms. The summed E-state index contributed by atoms with van der Waals surface area (Å²) in [5, 5.41) is 4.85. The monoisotopic (exact) mass is 439 g/mol. The molecule has 1 fully saturated rings. The van der Waals surface area contributed by atoms with Crippen LogP contribution in [0.15, 0.2) is 78.9 Å². The van der Waals surface area contributed by atoms with Gasteiger partial charge in [-0.15, -0.1) is 0 Å². The molecule has 6 heteroatoms. The summed E-state index contributed by atoms with van der Waals surface area (Å²) in [7, 11) is 0. The van der Waals surface area contributed by atoms with Crippen LogP contribution in [0.3, 0.4) is 0 Å². The molecule has 0 radical (unpaired) electrons. The predicted molar refractivity (Wildman–Crippen MR) is 127 cm³/mol. The molecule has 1 N–H and O–H groups in total. The summed E-state index contributed by atoms with van der Waals surface area (Å²) >= 11 is 0. The Morgan fingerprint density at radius 1 is 0.970 bits per heavy atom. The number of carbonyl (C=O) groups is 3. The zero-order chi connectivity index (χ0) is 23.0. The third kappa shape index (κ3) is 3.78. The average Bonchev–Trinajstić information content (AvgIpc) is 3.08. The Bertz CT molecular complexity index is 1280. The van der Waals surface area contributed by atoms with Gasteiger partial charge in [-0.2, -0.15) is 0 Å². The number of hydrogen-bond donors (Lipinski definition) is 1. The van der Waals surface area contributed by atoms with Gasteiger partial charge in [0.15, 0.2) is 0 Å². The second-order valence-corrected chi connectivity index (χ2v) is 8.69. The highest BCUT2D eigenvalue weighted by molar-refractivity contribution is 6.09. The molecule has 6 nitrogen and oxygen atoms in total. The maximum absolute atomic E-state index is 13.3. The molecule has 0 bridgehead atoms. The molecule has 1 unspecified atom stereocenters. The van der Waals surface area contributed by atoms with Gasteiger partial charge in [0.25, 0.3) is 5.91 Å². The van der Waals surface area contributed by atoms with E-state index in [-0.39, 0.29) is 12.5 Å². The fraction of sp³-hybridized carbons (Fsp3) is 0.222. The van der Waals surface area contributed by atoms with Gasteiger partial charge in [-0.3, -0.25) is 14.5 Å². The van der Waals surface area contributed by atoms with Gasteiger partial charge in [-0.05, 0) is 46.9 Å². The summed E-state index contributed by atoms with van der Waals surface area (Å²) in [6.45, 7) is 2.46. The van der Waals surface area contributed by atoms with Crippen LogP contribution in [0, 0.1) is 0 Å². The van der Waals surface area contributed by atoms with Crippen LogP contribution in [0.2, 0.25) is 0 Å². The van der Waals surface area contributed by atoms with E-state index in [0.717, 1.165) is 27.7 Å². The van der Waals surface area contributed by atoms with Crippen LogP contribution in [-0.2, 0) is 15.1 Å². The lowest BCUT2D eigenvalue weighted by molar-refractivity contribution is -0.138. The lowest BCUT2D eigenvalue weighted by Crippen LogP contribution is -2.45. The van der Waals surface area contributed by atoms with Crippen LogP contribution in [0.25, 0.3) is 16.3 Å². The molecule has 1 atom stereocenters. The van der Waals surface area contributed by atoms with E-state index in [9.17, 15) is 14.4 Å². The molecular formula is C27H25N3O3. The minimum atomic E-state index is -1.20. The van der Waals surface area contributed by atoms with Crippen molar-refractivity contribution in [2.45, 2.75) is 18.9 Å². The van der Waals surface area contributed by atoms with Crippen molar-refractivity contribution in [1.29, 1.82) is 0 Å². The highest BCUT2D eigenvalue weighted by Crippen LogP contribution is 2.31. The van der Waals surface area contributed by atoms with Gasteiger partial charge < -0.3 is 10.2 Å². The number of nitrogens with zero attached hydrogens (tertiary/aromatic N) is 2. The van der Waals surface area contributed by atoms with E-state index in [1.54, 1.807) is 11.8 Å². The van der Waals surface area contributed by atoms with E-state index in [0.29, 0.717) is 18.7 Å². The van der Waals surface area contributed by atoms with Crippen LogP contribution >= 0.6 is 0 Å². The normalized spacial score (nSPS) is 20.7. The minimum absolute atomic E-state index is 0.232. The largest absolute Gasteiger partial charge is 0.337 e. The van der Waals surface area contributed by atoms with Gasteiger partial charge in [0.1, 0.15) is 12.1 Å². The van der Waals surface area contributed by atoms with Gasteiger partial charge in [0.2, 0.25) is 5.91 Å². The summed E-state index contributed by atoms with van der Waals surface area (Å²) in [4.78, 5) is 41.7. The summed E-state index contributed by atoms with van der Waals surface area (Å²) in [5.41, 5.74) is 1.86. The van der Waals surface area contributed by atoms with Crippen LogP contribution in [-0.4, -0.2) is 47.3 Å². The SMILES string of the molecule is CC1(c2ccc3ccccc3c2)NC(=O)N(CC(=O)N2CC=C(c3ccccc3)CC2)C1=O. The van der Waals surface area contributed by atoms with E-state index in [1.165, 1.54) is 5.57 Å². The molecule has 0 aliphatic carbocycles. The Labute approximate surface area is 192 Å². The number of hydrogen-bond acceptors (Lipinski definition) is 3. The van der Waals surface area contributed by atoms with Gasteiger partial charge >= 0.3 is 6.03 Å². The number of rotatable bonds is 4. The summed E-state index contributed by atoms with van der Waals surface area (Å²) in [5.74, 6) is -0.640. The Kier molecular flexibility index (Phi) is 5.21. The van der Waals surface area contributed by atoms with Crippen molar-refractivity contribution >= 4 is 34.2 Å². The number of urea groups is 1. The number of imide groups is 1. The Morgan fingerprint density at radius 2 is 1.70 bits per heavy atom. The minimum Gasteiger partial charge on any atom is -0.337 e. The maximum atomic E-state index is 13.3. The quantitative estimate of drug-likeness (QED) is 0.627. The number of nitrogens with one attached hydrogen (secondary N) is 1. The lowest BCUT2D eigenvalue weighted by Gasteiger charge is -2.28. The molecule has 0 aromatic heterocycles. The van der Waals surface area contributed by atoms with E-state index in [2.05, 4.69) is 17.4 Å². The van der Waals surface area contributed by atoms with Crippen molar-refractivity contribution in [3.05, 3.63) is 90.0 Å². The summed E-state index contributed by atoms with van der Waals surface area (Å²) in [6.07, 6.45) is 2.78. The molecule has 2 aliphatic heterocycles. The first-order chi connectivity index (χ1) is 16.0. The second-order valence-electron chi connectivity index (χ2n) is 8.69. The molecular weight excluding hydrogens is 414 g/mol. The topological polar surface area (TPSA) is 69.7 Å². The molecule has 3 aromatic rings. The maximum Gasteiger partial charge on any atom is 0.325 e. The van der Waals surface area contributed by atoms with E-state index in [4.69, 9.17) is 0 Å². The van der Waals surface area contributed by atoms with Gasteiger partial charge in [-0.25, -0.2) is 4.79 Å². The molecule has 0 saturated carbocycles. The van der Waals surface area contributed by atoms with Crippen LogP contribution in [0.1, 0.15) is 24.5 Å². The Hall–Kier alpha value is -3.93. The van der Waals surface area contributed by atoms with E-state index < -0.39 is 17.5 Å². The smallest absolute Gasteiger partial charge is 0.325 e. The Balaban J connectivity index is 1.30. The first-order valence-electron chi connectivity index (χ1n) is 11.1. The fourth-order valence-corrected chi connectivity index (χ4v) is 4.58. The summed E-state index contributed by atoms with van der Waals surface area (Å²) in [6, 6.07) is 23.1. The number of benzene rings is 3. The Morgan fingerprint density at radius 3 is 2.42 bits per heavy atom. The number of carbonyl (C=O) groups excluding carboxylic acids is 3. The second kappa shape index (κ2) is 8.20. The van der Waals surface area contributed by atoms with E-state index >= 15 is 0 Å². The third-order valence-corrected chi connectivity index (χ3v) is 6.60. The van der Waals surface area contributed by atoms with Crippen molar-refractivity contribution in [2.24, 2.45) is 0 Å². The zero-order valence-electron chi connectivity index (χ0n) is 18.5. The van der Waals surface area contributed by atoms with Crippen molar-refractivity contribution in [3.8, 4) is 0 Å². The van der Waals surface area contributed by atoms with Crippen LogP contribution in [0.5, 0.6) is 0 Å². The molecule has 2 heterocycles. The molecule has 4 amide bonds. The fourth-order valence-electron chi connectivity index (χ4n) is 4.58. The van der Waals surface area contributed by atoms with Crippen molar-refractivity contribution in [3.63, 3.8) is 0 Å². The van der Waals surface area contributed by atoms with Crippen LogP contribution in [0.4, 0.5) is 4.79 Å². The van der Waals surface area contributed by atoms with Gasteiger partial charge in [-0.1, -0.05) is 72.8 Å². The summed E-state index contributed by atoms with van der Waals surface area (Å²) < 4.78 is 0. The average molecular weight is 440 g/mol. The number of amides is 4. The standard InChI is InChI=1S/C27H25N3O3/c1-27(23-12-11-20-9-5-6-10-22(20)17-23)25(32)30(26(33)28-27)18-24(31)29-15-13-21(14-16-29)19-7-3-2-4-8-19/h2-13,17H,14-16,18H2,1H3,(H,28,33). The zero-order valence-corrected chi connectivity index (χ0v) is 18.5. The predicted octanol–water partition coefficient (Wildman–Crippen LogP) is 3.92. The highest BCUT2D eigenvalue weighted by atomic mass is 16.2. The van der Waals surface area contributed by atoms with E-state index in [1.807, 2.05) is 66.7 Å². The van der Waals surface area contributed by atoms with Gasteiger partial charge in [0, 0.05) is 13.1 Å². The van der Waals surface area contributed by atoms with Gasteiger partial charge in [0.05, 0.1) is 0 Å². The molecule has 1 saturated heterocycles. The third-order valence-electron chi connectivity index (χ3n) is 6.60. The molecule has 2 aliphatic rings. The molecule has 0 spiro atoms. The van der Waals surface area contributed by atoms with Crippen molar-refractivity contribution < 1.29 is 14.4 Å². The first kappa shape index (κ1) is 20.9. The highest BCUT2D eigenvalue weighted by Gasteiger charge is 2.49. The molecule has 5 rings (SSSR count). The van der Waals surface area contributed by atoms with Crippen molar-refractivity contribution in [1.82, 2.24) is 15.1 Å². The van der Waals surface area contributed by atoms with Crippen LogP contribution < -0.4 is 5.32 Å². The molecule has 3 aromatic carbocycles. The number of fused-ring (bicyclic) bond motifs is 1. The lowest BCUT2D eigenvalue weighted by atomic mass is 9.90. The first-order valence-corrected chi connectivity index (χ1v) is 11.1. The molecule has 166 valence electrons. The van der Waals surface area contributed by atoms with Crippen molar-refractivity contribution in [2.75, 3.05) is 19.6 Å².